The molecule has 1 saturated heterocycles. The summed E-state index contributed by atoms with van der Waals surface area (Å²) in [6.07, 6.45) is 3.88. The van der Waals surface area contributed by atoms with Crippen LogP contribution in [0.15, 0.2) is 60.7 Å². The summed E-state index contributed by atoms with van der Waals surface area (Å²) in [5, 5.41) is 14.2. The van der Waals surface area contributed by atoms with Crippen LogP contribution in [-0.4, -0.2) is 23.1 Å². The minimum Gasteiger partial charge on any atom is -0.385 e. The van der Waals surface area contributed by atoms with E-state index in [9.17, 15) is 5.11 Å². The number of aryl methyl sites for hydroxylation is 2. The average Bonchev–Trinajstić information content (AvgIpc) is 3.10. The fourth-order valence-corrected chi connectivity index (χ4v) is 4.84. The van der Waals surface area contributed by atoms with Crippen molar-refractivity contribution in [1.82, 2.24) is 4.90 Å². The van der Waals surface area contributed by atoms with E-state index in [2.05, 4.69) is 65.6 Å². The quantitative estimate of drug-likeness (QED) is 0.761. The fraction of sp³-hybridized carbons (Fsp3) is 0.333. The molecule has 3 aromatic rings. The molecule has 1 aliphatic carbocycles. The molecule has 0 aromatic heterocycles. The average molecular weight is 343 g/mol. The van der Waals surface area contributed by atoms with Crippen LogP contribution >= 0.6 is 0 Å². The SMILES string of the molecule is OC1(c2ccc3c4c(cccc24)CC3)CCN(Cc2ccccc2)CC1. The third-order valence-corrected chi connectivity index (χ3v) is 6.31. The second-order valence-electron chi connectivity index (χ2n) is 7.91. The molecule has 3 aromatic carbocycles. The van der Waals surface area contributed by atoms with Crippen molar-refractivity contribution in [2.24, 2.45) is 0 Å². The molecule has 0 atom stereocenters. The molecule has 1 fully saturated rings. The Labute approximate surface area is 155 Å². The highest BCUT2D eigenvalue weighted by molar-refractivity contribution is 5.93. The van der Waals surface area contributed by atoms with Crippen LogP contribution in [0.2, 0.25) is 0 Å². The molecular weight excluding hydrogens is 318 g/mol. The molecule has 0 radical (unpaired) electrons. The van der Waals surface area contributed by atoms with Gasteiger partial charge in [-0.2, -0.15) is 0 Å². The Morgan fingerprint density at radius 2 is 1.54 bits per heavy atom. The Hall–Kier alpha value is -2.16. The minimum atomic E-state index is -0.701. The number of nitrogens with zero attached hydrogens (tertiary/aromatic N) is 1. The van der Waals surface area contributed by atoms with Crippen molar-refractivity contribution in [3.63, 3.8) is 0 Å². The standard InChI is InChI=1S/C24H25NO/c26-24(13-15-25(16-14-24)17-18-5-2-1-3-6-18)22-12-11-20-10-9-19-7-4-8-21(22)23(19)20/h1-8,11-12,26H,9-10,13-17H2. The Kier molecular flexibility index (Phi) is 3.84. The van der Waals surface area contributed by atoms with Crippen LogP contribution in [0.3, 0.4) is 0 Å². The van der Waals surface area contributed by atoms with Gasteiger partial charge in [-0.15, -0.1) is 0 Å². The molecule has 0 bridgehead atoms. The van der Waals surface area contributed by atoms with Gasteiger partial charge in [0.15, 0.2) is 0 Å². The Morgan fingerprint density at radius 1 is 0.808 bits per heavy atom. The van der Waals surface area contributed by atoms with Crippen LogP contribution in [-0.2, 0) is 25.0 Å². The maximum absolute atomic E-state index is 11.5. The number of piperidine rings is 1. The third-order valence-electron chi connectivity index (χ3n) is 6.31. The second-order valence-corrected chi connectivity index (χ2v) is 7.91. The topological polar surface area (TPSA) is 23.5 Å². The normalized spacial score (nSPS) is 19.1. The molecule has 0 spiro atoms. The third kappa shape index (κ3) is 2.65. The zero-order valence-corrected chi connectivity index (χ0v) is 15.1. The molecule has 0 saturated carbocycles. The van der Waals surface area contributed by atoms with Gasteiger partial charge >= 0.3 is 0 Å². The summed E-state index contributed by atoms with van der Waals surface area (Å²) in [4.78, 5) is 2.46. The summed E-state index contributed by atoms with van der Waals surface area (Å²) in [5.41, 5.74) is 4.68. The monoisotopic (exact) mass is 343 g/mol. The molecule has 26 heavy (non-hydrogen) atoms. The molecule has 2 heteroatoms. The highest BCUT2D eigenvalue weighted by Gasteiger charge is 2.35. The van der Waals surface area contributed by atoms with Crippen LogP contribution in [0, 0.1) is 0 Å². The fourth-order valence-electron chi connectivity index (χ4n) is 4.84. The van der Waals surface area contributed by atoms with Crippen LogP contribution in [0.5, 0.6) is 0 Å². The Balaban J connectivity index is 1.41. The highest BCUT2D eigenvalue weighted by Crippen LogP contribution is 2.41. The van der Waals surface area contributed by atoms with Gasteiger partial charge in [-0.1, -0.05) is 60.7 Å². The lowest BCUT2D eigenvalue weighted by Gasteiger charge is -2.39. The van der Waals surface area contributed by atoms with Gasteiger partial charge < -0.3 is 5.11 Å². The highest BCUT2D eigenvalue weighted by atomic mass is 16.3. The first-order valence-corrected chi connectivity index (χ1v) is 9.76. The van der Waals surface area contributed by atoms with Gasteiger partial charge in [0.1, 0.15) is 0 Å². The summed E-state index contributed by atoms with van der Waals surface area (Å²) in [7, 11) is 0. The van der Waals surface area contributed by atoms with E-state index in [1.165, 1.54) is 27.5 Å². The van der Waals surface area contributed by atoms with Crippen molar-refractivity contribution in [2.75, 3.05) is 13.1 Å². The zero-order chi connectivity index (χ0) is 17.6. The lowest BCUT2D eigenvalue weighted by atomic mass is 9.81. The van der Waals surface area contributed by atoms with Gasteiger partial charge in [0.25, 0.3) is 0 Å². The van der Waals surface area contributed by atoms with Crippen LogP contribution in [0.1, 0.15) is 35.1 Å². The zero-order valence-electron chi connectivity index (χ0n) is 15.1. The van der Waals surface area contributed by atoms with Crippen molar-refractivity contribution >= 4 is 10.8 Å². The lowest BCUT2D eigenvalue weighted by Crippen LogP contribution is -2.42. The first-order chi connectivity index (χ1) is 12.7. The molecule has 2 aliphatic rings. The molecule has 2 nitrogen and oxygen atoms in total. The number of aliphatic hydroxyl groups is 1. The number of rotatable bonds is 3. The number of likely N-dealkylation sites (tertiary alicyclic amines) is 1. The van der Waals surface area contributed by atoms with E-state index in [0.29, 0.717) is 0 Å². The Bertz CT molecular complexity index is 929. The van der Waals surface area contributed by atoms with Gasteiger partial charge in [-0.05, 0) is 58.7 Å². The van der Waals surface area contributed by atoms with E-state index in [1.807, 2.05) is 0 Å². The molecule has 5 rings (SSSR count). The first-order valence-electron chi connectivity index (χ1n) is 9.76. The predicted octanol–water partition coefficient (Wildman–Crippen LogP) is 4.42. The van der Waals surface area contributed by atoms with E-state index < -0.39 is 5.60 Å². The molecular formula is C24H25NO. The van der Waals surface area contributed by atoms with Crippen molar-refractivity contribution < 1.29 is 5.11 Å². The number of hydrogen-bond acceptors (Lipinski definition) is 2. The lowest BCUT2D eigenvalue weighted by molar-refractivity contribution is -0.0265. The van der Waals surface area contributed by atoms with Crippen molar-refractivity contribution in [2.45, 2.75) is 37.8 Å². The van der Waals surface area contributed by atoms with Crippen molar-refractivity contribution in [3.8, 4) is 0 Å². The van der Waals surface area contributed by atoms with E-state index in [1.54, 1.807) is 0 Å². The predicted molar refractivity (Wildman–Crippen MR) is 106 cm³/mol. The first kappa shape index (κ1) is 16.0. The second kappa shape index (κ2) is 6.22. The number of hydrogen-bond donors (Lipinski definition) is 1. The molecule has 0 unspecified atom stereocenters. The van der Waals surface area contributed by atoms with E-state index in [4.69, 9.17) is 0 Å². The van der Waals surface area contributed by atoms with Gasteiger partial charge in [0.05, 0.1) is 5.60 Å². The van der Waals surface area contributed by atoms with E-state index in [-0.39, 0.29) is 0 Å². The van der Waals surface area contributed by atoms with Gasteiger partial charge in [0, 0.05) is 19.6 Å². The van der Waals surface area contributed by atoms with Crippen molar-refractivity contribution in [1.29, 1.82) is 0 Å². The number of benzene rings is 3. The van der Waals surface area contributed by atoms with Crippen LogP contribution in [0.4, 0.5) is 0 Å². The maximum atomic E-state index is 11.5. The smallest absolute Gasteiger partial charge is 0.0926 e. The minimum absolute atomic E-state index is 0.701. The summed E-state index contributed by atoms with van der Waals surface area (Å²) >= 11 is 0. The molecule has 1 N–H and O–H groups in total. The summed E-state index contributed by atoms with van der Waals surface area (Å²) in [5.74, 6) is 0. The summed E-state index contributed by atoms with van der Waals surface area (Å²) < 4.78 is 0. The van der Waals surface area contributed by atoms with Crippen molar-refractivity contribution in [3.05, 3.63) is 82.9 Å². The van der Waals surface area contributed by atoms with E-state index in [0.717, 1.165) is 50.9 Å². The van der Waals surface area contributed by atoms with Crippen LogP contribution < -0.4 is 0 Å². The molecule has 1 heterocycles. The molecule has 1 aliphatic heterocycles. The summed E-state index contributed by atoms with van der Waals surface area (Å²) in [6, 6.07) is 21.7. The van der Waals surface area contributed by atoms with Crippen LogP contribution in [0.25, 0.3) is 10.8 Å². The summed E-state index contributed by atoms with van der Waals surface area (Å²) in [6.45, 7) is 2.85. The van der Waals surface area contributed by atoms with Gasteiger partial charge in [-0.3, -0.25) is 4.90 Å². The molecule has 0 amide bonds. The van der Waals surface area contributed by atoms with E-state index >= 15 is 0 Å². The largest absolute Gasteiger partial charge is 0.385 e. The molecule has 132 valence electrons. The Morgan fingerprint density at radius 3 is 2.31 bits per heavy atom. The van der Waals surface area contributed by atoms with Gasteiger partial charge in [-0.25, -0.2) is 0 Å². The maximum Gasteiger partial charge on any atom is 0.0926 e. The van der Waals surface area contributed by atoms with Gasteiger partial charge in [0.2, 0.25) is 0 Å².